The van der Waals surface area contributed by atoms with Crippen molar-refractivity contribution in [3.63, 3.8) is 0 Å². The lowest BCUT2D eigenvalue weighted by Crippen LogP contribution is -2.56. The molecule has 1 amide bonds. The summed E-state index contributed by atoms with van der Waals surface area (Å²) < 4.78 is 51.5. The molecule has 10 heteroatoms. The van der Waals surface area contributed by atoms with Gasteiger partial charge in [0.05, 0.1) is 13.7 Å². The molecular weight excluding hydrogens is 618 g/mol. The van der Waals surface area contributed by atoms with Crippen LogP contribution in [0.5, 0.6) is 11.5 Å². The first-order chi connectivity index (χ1) is 21.7. The Kier molecular flexibility index (Phi) is 9.59. The van der Waals surface area contributed by atoms with E-state index >= 15 is 0 Å². The van der Waals surface area contributed by atoms with Gasteiger partial charge in [0.15, 0.2) is 11.6 Å². The fourth-order valence-corrected chi connectivity index (χ4v) is 8.01. The van der Waals surface area contributed by atoms with Crippen LogP contribution in [0, 0.1) is 18.6 Å². The maximum Gasteiger partial charge on any atom is 0.252 e. The van der Waals surface area contributed by atoms with Crippen molar-refractivity contribution in [2.45, 2.75) is 63.7 Å². The van der Waals surface area contributed by atoms with E-state index in [9.17, 15) is 17.8 Å². The summed E-state index contributed by atoms with van der Waals surface area (Å²) in [6.45, 7) is 2.70. The topological polar surface area (TPSA) is 67.9 Å². The van der Waals surface area contributed by atoms with Crippen LogP contribution in [0.25, 0.3) is 5.57 Å². The van der Waals surface area contributed by atoms with Gasteiger partial charge in [0, 0.05) is 52.5 Å². The minimum atomic E-state index is -0.987. The van der Waals surface area contributed by atoms with E-state index in [0.29, 0.717) is 37.3 Å². The average molecular weight is 655 g/mol. The number of aryl methyl sites for hydroxylation is 1. The van der Waals surface area contributed by atoms with Gasteiger partial charge in [-0.15, -0.1) is 0 Å². The van der Waals surface area contributed by atoms with E-state index in [4.69, 9.17) is 21.1 Å². The molecule has 1 N–H and O–H groups in total. The zero-order valence-electron chi connectivity index (χ0n) is 25.4. The van der Waals surface area contributed by atoms with Gasteiger partial charge in [0.1, 0.15) is 16.6 Å². The third-order valence-electron chi connectivity index (χ3n) is 8.90. The largest absolute Gasteiger partial charge is 0.496 e. The molecule has 0 aromatic heterocycles. The summed E-state index contributed by atoms with van der Waals surface area (Å²) in [4.78, 5) is 16.5. The first-order valence-corrected chi connectivity index (χ1v) is 17.2. The van der Waals surface area contributed by atoms with Crippen LogP contribution in [0.1, 0.15) is 47.9 Å². The molecule has 1 aliphatic carbocycles. The standard InChI is InChI=1S/C35H37ClF2N2O4S/c1-21-24(6-3-7-31(21)43-2)18-40(26-12-13-26)35(41)32-27(17-25-19-45(42)20-30(32)39-25)23-10-8-22(9-11-23)5-4-16-44-34-29(38)15-14-28(37)33(34)36/h3,6-11,14-15,25-26,30,39H,4-5,12-13,16-20H2,1-2H3/t25-,30+,45?/m0/s1. The second-order valence-electron chi connectivity index (χ2n) is 12.0. The number of carbonyl (C=O) groups excluding carboxylic acids is 1. The van der Waals surface area contributed by atoms with E-state index in [1.165, 1.54) is 0 Å². The molecule has 2 bridgehead atoms. The van der Waals surface area contributed by atoms with Crippen LogP contribution in [0.4, 0.5) is 8.78 Å². The number of rotatable bonds is 11. The molecular formula is C35H37ClF2N2O4S. The van der Waals surface area contributed by atoms with Crippen LogP contribution in [0.3, 0.4) is 0 Å². The Hall–Kier alpha value is -3.27. The number of hydrogen-bond acceptors (Lipinski definition) is 5. The Bertz CT molecular complexity index is 1640. The zero-order valence-corrected chi connectivity index (χ0v) is 27.0. The highest BCUT2D eigenvalue weighted by molar-refractivity contribution is 7.85. The number of methoxy groups -OCH3 is 1. The number of ether oxygens (including phenoxy) is 2. The number of fused-ring (bicyclic) bond motifs is 2. The summed E-state index contributed by atoms with van der Waals surface area (Å²) in [5, 5.41) is 3.25. The molecule has 2 fully saturated rings. The van der Waals surface area contributed by atoms with Crippen LogP contribution in [-0.2, 0) is 28.6 Å². The predicted molar refractivity (Wildman–Crippen MR) is 173 cm³/mol. The molecule has 0 spiro atoms. The Labute approximate surface area is 270 Å². The van der Waals surface area contributed by atoms with Gasteiger partial charge >= 0.3 is 0 Å². The number of nitrogens with one attached hydrogen (secondary N) is 1. The van der Waals surface area contributed by atoms with Gasteiger partial charge < -0.3 is 19.7 Å². The fourth-order valence-electron chi connectivity index (χ4n) is 6.37. The molecule has 3 aliphatic rings. The van der Waals surface area contributed by atoms with E-state index in [2.05, 4.69) is 5.32 Å². The Morgan fingerprint density at radius 1 is 1.07 bits per heavy atom. The van der Waals surface area contributed by atoms with Gasteiger partial charge in [-0.1, -0.05) is 48.0 Å². The molecule has 2 heterocycles. The van der Waals surface area contributed by atoms with Gasteiger partial charge in [-0.2, -0.15) is 0 Å². The van der Waals surface area contributed by atoms with Crippen molar-refractivity contribution in [3.8, 4) is 11.5 Å². The molecule has 6 rings (SSSR count). The minimum absolute atomic E-state index is 0.00837. The first kappa shape index (κ1) is 31.7. The maximum absolute atomic E-state index is 14.5. The third-order valence-corrected chi connectivity index (χ3v) is 10.7. The number of nitrogens with zero attached hydrogens (tertiary/aromatic N) is 1. The van der Waals surface area contributed by atoms with Crippen molar-refractivity contribution < 1.29 is 27.3 Å². The van der Waals surface area contributed by atoms with Gasteiger partial charge in [-0.05, 0) is 85.1 Å². The molecule has 0 radical (unpaired) electrons. The molecule has 3 atom stereocenters. The predicted octanol–water partition coefficient (Wildman–Crippen LogP) is 6.38. The van der Waals surface area contributed by atoms with Gasteiger partial charge in [-0.3, -0.25) is 9.00 Å². The molecule has 1 unspecified atom stereocenters. The summed E-state index contributed by atoms with van der Waals surface area (Å²) in [7, 11) is 0.669. The van der Waals surface area contributed by atoms with Crippen LogP contribution in [-0.4, -0.2) is 58.4 Å². The first-order valence-electron chi connectivity index (χ1n) is 15.4. The number of halogens is 3. The second kappa shape index (κ2) is 13.6. The van der Waals surface area contributed by atoms with E-state index in [0.717, 1.165) is 64.1 Å². The highest BCUT2D eigenvalue weighted by Crippen LogP contribution is 2.38. The van der Waals surface area contributed by atoms with Crippen molar-refractivity contribution in [2.75, 3.05) is 25.2 Å². The molecule has 6 nitrogen and oxygen atoms in total. The summed E-state index contributed by atoms with van der Waals surface area (Å²) >= 11 is 5.86. The molecule has 3 aromatic rings. The van der Waals surface area contributed by atoms with E-state index in [-0.39, 0.29) is 41.4 Å². The van der Waals surface area contributed by atoms with E-state index in [1.54, 1.807) is 7.11 Å². The number of carbonyl (C=O) groups is 1. The molecule has 238 valence electrons. The highest BCUT2D eigenvalue weighted by Gasteiger charge is 2.42. The number of hydrogen-bond donors (Lipinski definition) is 1. The van der Waals surface area contributed by atoms with Crippen LogP contribution < -0.4 is 14.8 Å². The van der Waals surface area contributed by atoms with Crippen LogP contribution >= 0.6 is 11.6 Å². The van der Waals surface area contributed by atoms with Crippen molar-refractivity contribution in [2.24, 2.45) is 0 Å². The van der Waals surface area contributed by atoms with Gasteiger partial charge in [0.2, 0.25) is 0 Å². The third kappa shape index (κ3) is 6.95. The fraction of sp³-hybridized carbons (Fsp3) is 0.400. The molecule has 3 aromatic carbocycles. The summed E-state index contributed by atoms with van der Waals surface area (Å²) in [6.07, 6.45) is 3.83. The molecule has 2 aliphatic heterocycles. The Morgan fingerprint density at radius 3 is 2.56 bits per heavy atom. The molecule has 1 saturated carbocycles. The smallest absolute Gasteiger partial charge is 0.252 e. The summed E-state index contributed by atoms with van der Waals surface area (Å²) in [6, 6.07) is 16.1. The molecule has 1 saturated heterocycles. The zero-order chi connectivity index (χ0) is 31.7. The van der Waals surface area contributed by atoms with Crippen molar-refractivity contribution in [3.05, 3.63) is 99.1 Å². The van der Waals surface area contributed by atoms with Crippen LogP contribution in [0.15, 0.2) is 60.2 Å². The van der Waals surface area contributed by atoms with Crippen LogP contribution in [0.2, 0.25) is 5.02 Å². The normalized spacial score (nSPS) is 21.0. The van der Waals surface area contributed by atoms with Crippen molar-refractivity contribution >= 4 is 33.9 Å². The average Bonchev–Trinajstić information content (AvgIpc) is 3.87. The minimum Gasteiger partial charge on any atom is -0.496 e. The van der Waals surface area contributed by atoms with Gasteiger partial charge in [0.25, 0.3) is 5.91 Å². The van der Waals surface area contributed by atoms with Gasteiger partial charge in [-0.25, -0.2) is 8.78 Å². The number of amides is 1. The molecule has 45 heavy (non-hydrogen) atoms. The lowest BCUT2D eigenvalue weighted by atomic mass is 9.85. The maximum atomic E-state index is 14.5. The van der Waals surface area contributed by atoms with E-state index < -0.39 is 22.4 Å². The van der Waals surface area contributed by atoms with E-state index in [1.807, 2.05) is 54.3 Å². The number of benzene rings is 3. The monoisotopic (exact) mass is 654 g/mol. The SMILES string of the molecule is COc1cccc(CN(C(=O)C2=C(c3ccc(CCCOc4c(F)ccc(F)c4Cl)cc3)C[C@H]3CS(=O)C[C@H]2N3)C2CC2)c1C. The second-order valence-corrected chi connectivity index (χ2v) is 13.9. The highest BCUT2D eigenvalue weighted by atomic mass is 35.5. The Balaban J connectivity index is 1.22. The van der Waals surface area contributed by atoms with Crippen molar-refractivity contribution in [1.82, 2.24) is 10.2 Å². The quantitative estimate of drug-likeness (QED) is 0.192. The summed E-state index contributed by atoms with van der Waals surface area (Å²) in [5.41, 5.74) is 5.88. The summed E-state index contributed by atoms with van der Waals surface area (Å²) in [5.74, 6) is 0.122. The Morgan fingerprint density at radius 2 is 1.82 bits per heavy atom. The lowest BCUT2D eigenvalue weighted by molar-refractivity contribution is -0.128. The van der Waals surface area contributed by atoms with Crippen molar-refractivity contribution in [1.29, 1.82) is 0 Å². The lowest BCUT2D eigenvalue weighted by Gasteiger charge is -2.40.